The molecule has 0 unspecified atom stereocenters. The molecule has 0 atom stereocenters. The van der Waals surface area contributed by atoms with Crippen molar-refractivity contribution in [3.63, 3.8) is 0 Å². The minimum Gasteiger partial charge on any atom is -0.508 e. The summed E-state index contributed by atoms with van der Waals surface area (Å²) in [5.41, 5.74) is 1.60. The van der Waals surface area contributed by atoms with Crippen LogP contribution in [0.5, 0.6) is 11.5 Å². The summed E-state index contributed by atoms with van der Waals surface area (Å²) in [6.45, 7) is 0. The molecule has 0 aromatic heterocycles. The quantitative estimate of drug-likeness (QED) is 0.511. The zero-order chi connectivity index (χ0) is 14.7. The number of hydrogen-bond donors (Lipinski definition) is 4. The summed E-state index contributed by atoms with van der Waals surface area (Å²) in [6.07, 6.45) is 3.37. The summed E-state index contributed by atoms with van der Waals surface area (Å²) in [5.74, 6) is -0.0657. The Morgan fingerprint density at radius 1 is 0.900 bits per heavy atom. The van der Waals surface area contributed by atoms with Crippen LogP contribution in [0.25, 0.3) is 12.2 Å². The summed E-state index contributed by atoms with van der Waals surface area (Å²) in [6, 6.07) is 8.89. The fourth-order valence-electron chi connectivity index (χ4n) is 1.74. The van der Waals surface area contributed by atoms with E-state index in [-0.39, 0.29) is 11.5 Å². The van der Waals surface area contributed by atoms with E-state index in [1.165, 1.54) is 24.3 Å². The van der Waals surface area contributed by atoms with Crippen LogP contribution in [0.1, 0.15) is 11.1 Å². The first-order chi connectivity index (χ1) is 9.45. The predicted molar refractivity (Wildman–Crippen MR) is 80.0 cm³/mol. The Labute approximate surface area is 121 Å². The molecule has 0 saturated heterocycles. The summed E-state index contributed by atoms with van der Waals surface area (Å²) in [4.78, 5) is 0. The van der Waals surface area contributed by atoms with E-state index in [2.05, 4.69) is 0 Å². The third kappa shape index (κ3) is 3.54. The molecule has 0 aliphatic rings. The van der Waals surface area contributed by atoms with Crippen molar-refractivity contribution in [1.29, 1.82) is 0 Å². The molecule has 2 aromatic carbocycles. The van der Waals surface area contributed by atoms with E-state index >= 15 is 0 Å². The van der Waals surface area contributed by atoms with Gasteiger partial charge in [-0.3, -0.25) is 0 Å². The lowest BCUT2D eigenvalue weighted by Gasteiger charge is -2.03. The number of benzene rings is 2. The molecule has 0 heterocycles. The average Bonchev–Trinajstić information content (AvgIpc) is 2.36. The molecule has 0 amide bonds. The molecule has 102 valence electrons. The molecule has 0 bridgehead atoms. The molecule has 2 rings (SSSR count). The number of phenolic OH excluding ortho intramolecular Hbond substituents is 2. The third-order valence-electron chi connectivity index (χ3n) is 2.70. The smallest absolute Gasteiger partial charge is 0.488 e. The second-order valence-electron chi connectivity index (χ2n) is 4.27. The van der Waals surface area contributed by atoms with Crippen molar-refractivity contribution in [2.75, 3.05) is 0 Å². The van der Waals surface area contributed by atoms with Gasteiger partial charge < -0.3 is 20.3 Å². The van der Waals surface area contributed by atoms with E-state index in [9.17, 15) is 10.2 Å². The second-order valence-corrected chi connectivity index (χ2v) is 4.68. The van der Waals surface area contributed by atoms with Gasteiger partial charge >= 0.3 is 7.12 Å². The van der Waals surface area contributed by atoms with Crippen molar-refractivity contribution in [1.82, 2.24) is 0 Å². The lowest BCUT2D eigenvalue weighted by molar-refractivity contribution is 0.425. The Hall–Kier alpha value is -1.95. The molecule has 0 spiro atoms. The maximum absolute atomic E-state index is 9.37. The second kappa shape index (κ2) is 6.01. The van der Waals surface area contributed by atoms with Gasteiger partial charge in [0.15, 0.2) is 0 Å². The van der Waals surface area contributed by atoms with E-state index in [0.29, 0.717) is 21.6 Å². The maximum atomic E-state index is 9.37. The summed E-state index contributed by atoms with van der Waals surface area (Å²) in [7, 11) is -1.56. The minimum absolute atomic E-state index is 0.0329. The summed E-state index contributed by atoms with van der Waals surface area (Å²) >= 11 is 6.03. The highest BCUT2D eigenvalue weighted by molar-refractivity contribution is 6.59. The monoisotopic (exact) mass is 290 g/mol. The Bertz CT molecular complexity index is 635. The van der Waals surface area contributed by atoms with Crippen molar-refractivity contribution in [2.24, 2.45) is 0 Å². The van der Waals surface area contributed by atoms with E-state index in [4.69, 9.17) is 21.6 Å². The van der Waals surface area contributed by atoms with E-state index in [1.807, 2.05) is 0 Å². The van der Waals surface area contributed by atoms with Gasteiger partial charge in [0.1, 0.15) is 11.5 Å². The fourth-order valence-corrected chi connectivity index (χ4v) is 1.99. The molecule has 6 heteroatoms. The first-order valence-corrected chi connectivity index (χ1v) is 6.20. The number of hydrogen-bond acceptors (Lipinski definition) is 4. The molecular weight excluding hydrogens is 278 g/mol. The highest BCUT2D eigenvalue weighted by atomic mass is 35.5. The van der Waals surface area contributed by atoms with Crippen molar-refractivity contribution >= 4 is 36.3 Å². The highest BCUT2D eigenvalue weighted by Gasteiger charge is 2.11. The van der Waals surface area contributed by atoms with Crippen molar-refractivity contribution in [2.45, 2.75) is 0 Å². The van der Waals surface area contributed by atoms with Crippen LogP contribution in [0.4, 0.5) is 0 Å². The zero-order valence-corrected chi connectivity index (χ0v) is 11.1. The highest BCUT2D eigenvalue weighted by Crippen LogP contribution is 2.23. The lowest BCUT2D eigenvalue weighted by Crippen LogP contribution is -2.29. The van der Waals surface area contributed by atoms with Gasteiger partial charge in [-0.2, -0.15) is 0 Å². The Morgan fingerprint density at radius 2 is 1.55 bits per heavy atom. The van der Waals surface area contributed by atoms with Gasteiger partial charge in [-0.15, -0.1) is 0 Å². The first-order valence-electron chi connectivity index (χ1n) is 5.82. The molecule has 0 aliphatic heterocycles. The van der Waals surface area contributed by atoms with Crippen LogP contribution in [0.3, 0.4) is 0 Å². The molecule has 4 N–H and O–H groups in total. The third-order valence-corrected chi connectivity index (χ3v) is 3.03. The zero-order valence-electron chi connectivity index (χ0n) is 10.4. The van der Waals surface area contributed by atoms with Gasteiger partial charge in [-0.25, -0.2) is 0 Å². The van der Waals surface area contributed by atoms with Crippen LogP contribution in [-0.2, 0) is 0 Å². The van der Waals surface area contributed by atoms with Crippen molar-refractivity contribution < 1.29 is 20.3 Å². The molecule has 0 radical (unpaired) electrons. The number of halogens is 1. The largest absolute Gasteiger partial charge is 0.508 e. The maximum Gasteiger partial charge on any atom is 0.488 e. The van der Waals surface area contributed by atoms with Crippen LogP contribution in [0.2, 0.25) is 5.02 Å². The standard InChI is InChI=1S/C14H12BClO4/c16-14-7-11(15(19)20)4-3-10(14)2-1-9-5-12(17)8-13(18)6-9/h1-8,17-20H/b2-1+. The van der Waals surface area contributed by atoms with Gasteiger partial charge in [0.2, 0.25) is 0 Å². The Morgan fingerprint density at radius 3 is 2.10 bits per heavy atom. The molecule has 2 aromatic rings. The van der Waals surface area contributed by atoms with Crippen LogP contribution in [0, 0.1) is 0 Å². The van der Waals surface area contributed by atoms with Crippen LogP contribution < -0.4 is 5.46 Å². The van der Waals surface area contributed by atoms with Gasteiger partial charge in [-0.05, 0) is 34.8 Å². The SMILES string of the molecule is OB(O)c1ccc(/C=C/c2cc(O)cc(O)c2)c(Cl)c1. The van der Waals surface area contributed by atoms with E-state index in [0.717, 1.165) is 0 Å². The Kier molecular flexibility index (Phi) is 4.34. The molecule has 0 aliphatic carbocycles. The lowest BCUT2D eigenvalue weighted by atomic mass is 9.80. The molecule has 0 fully saturated rings. The summed E-state index contributed by atoms with van der Waals surface area (Å²) < 4.78 is 0. The van der Waals surface area contributed by atoms with Crippen molar-refractivity contribution in [3.8, 4) is 11.5 Å². The molecule has 0 saturated carbocycles. The topological polar surface area (TPSA) is 80.9 Å². The minimum atomic E-state index is -1.56. The van der Waals surface area contributed by atoms with Gasteiger partial charge in [0, 0.05) is 11.1 Å². The van der Waals surface area contributed by atoms with Crippen LogP contribution >= 0.6 is 11.6 Å². The fraction of sp³-hybridized carbons (Fsp3) is 0. The van der Waals surface area contributed by atoms with Crippen LogP contribution in [-0.4, -0.2) is 27.4 Å². The first kappa shape index (κ1) is 14.5. The number of rotatable bonds is 3. The van der Waals surface area contributed by atoms with E-state index < -0.39 is 7.12 Å². The normalized spacial score (nSPS) is 10.9. The Balaban J connectivity index is 2.27. The molecule has 20 heavy (non-hydrogen) atoms. The van der Waals surface area contributed by atoms with Crippen LogP contribution in [0.15, 0.2) is 36.4 Å². The molecule has 4 nitrogen and oxygen atoms in total. The van der Waals surface area contributed by atoms with Gasteiger partial charge in [0.05, 0.1) is 0 Å². The van der Waals surface area contributed by atoms with Crippen molar-refractivity contribution in [3.05, 3.63) is 52.5 Å². The number of aromatic hydroxyl groups is 2. The average molecular weight is 291 g/mol. The number of phenols is 2. The summed E-state index contributed by atoms with van der Waals surface area (Å²) in [5, 5.41) is 37.2. The van der Waals surface area contributed by atoms with Gasteiger partial charge in [0.25, 0.3) is 0 Å². The molecular formula is C14H12BClO4. The predicted octanol–water partition coefficient (Wildman–Crippen LogP) is 1.60. The van der Waals surface area contributed by atoms with Gasteiger partial charge in [-0.1, -0.05) is 35.9 Å². The van der Waals surface area contributed by atoms with E-state index in [1.54, 1.807) is 24.3 Å².